The van der Waals surface area contributed by atoms with Crippen LogP contribution in [0.3, 0.4) is 0 Å². The average Bonchev–Trinajstić information content (AvgIpc) is 2.73. The summed E-state index contributed by atoms with van der Waals surface area (Å²) in [5.74, 6) is 1.07. The Bertz CT molecular complexity index is 464. The maximum atomic E-state index is 5.69. The van der Waals surface area contributed by atoms with Gasteiger partial charge in [-0.3, -0.25) is 0 Å². The number of hydrogen-bond donors (Lipinski definition) is 1. The van der Waals surface area contributed by atoms with E-state index >= 15 is 0 Å². The van der Waals surface area contributed by atoms with Crippen LogP contribution < -0.4 is 5.73 Å². The molecule has 2 aromatic heterocycles. The number of ether oxygens (including phenoxy) is 1. The monoisotopic (exact) mass is 219 g/mol. The molecule has 0 amide bonds. The molecule has 2 rings (SSSR count). The fraction of sp³-hybridized carbons (Fsp3) is 0.417. The molecule has 0 spiro atoms. The van der Waals surface area contributed by atoms with Gasteiger partial charge in [0.2, 0.25) is 0 Å². The van der Waals surface area contributed by atoms with Gasteiger partial charge in [0, 0.05) is 32.9 Å². The Hall–Kier alpha value is -1.39. The van der Waals surface area contributed by atoms with Gasteiger partial charge in [0.05, 0.1) is 11.7 Å². The largest absolute Gasteiger partial charge is 0.385 e. The lowest BCUT2D eigenvalue weighted by Gasteiger charge is -2.03. The van der Waals surface area contributed by atoms with Crippen LogP contribution in [0.15, 0.2) is 24.5 Å². The Morgan fingerprint density at radius 2 is 2.38 bits per heavy atom. The summed E-state index contributed by atoms with van der Waals surface area (Å²) in [6.07, 6.45) is 5.84. The Kier molecular flexibility index (Phi) is 3.54. The molecule has 86 valence electrons. The molecule has 0 aliphatic rings. The zero-order valence-corrected chi connectivity index (χ0v) is 9.52. The van der Waals surface area contributed by atoms with Gasteiger partial charge >= 0.3 is 0 Å². The Labute approximate surface area is 95.0 Å². The smallest absolute Gasteiger partial charge is 0.113 e. The van der Waals surface area contributed by atoms with Gasteiger partial charge in [-0.05, 0) is 18.1 Å². The molecule has 0 unspecified atom stereocenters. The van der Waals surface area contributed by atoms with Crippen molar-refractivity contribution in [3.63, 3.8) is 0 Å². The number of nitrogens with two attached hydrogens (primary N) is 1. The number of imidazole rings is 1. The highest BCUT2D eigenvalue weighted by atomic mass is 16.5. The summed E-state index contributed by atoms with van der Waals surface area (Å²) in [5, 5.41) is 0. The van der Waals surface area contributed by atoms with E-state index in [2.05, 4.69) is 9.38 Å². The molecule has 0 radical (unpaired) electrons. The summed E-state index contributed by atoms with van der Waals surface area (Å²) in [5.41, 5.74) is 7.93. The van der Waals surface area contributed by atoms with E-state index in [1.807, 2.05) is 24.5 Å². The molecule has 0 aromatic carbocycles. The summed E-state index contributed by atoms with van der Waals surface area (Å²) in [7, 11) is 1.72. The van der Waals surface area contributed by atoms with Crippen LogP contribution in [0.25, 0.3) is 5.52 Å². The zero-order valence-electron chi connectivity index (χ0n) is 9.52. The molecule has 0 fully saturated rings. The van der Waals surface area contributed by atoms with Crippen molar-refractivity contribution in [2.45, 2.75) is 19.4 Å². The molecule has 0 saturated heterocycles. The van der Waals surface area contributed by atoms with Crippen molar-refractivity contribution < 1.29 is 4.74 Å². The number of nitrogens with zero attached hydrogens (tertiary/aromatic N) is 2. The minimum absolute atomic E-state index is 0.549. The van der Waals surface area contributed by atoms with Gasteiger partial charge in [0.15, 0.2) is 0 Å². The SMILES string of the molecule is COCCCc1ncc2c(CN)cccn12. The van der Waals surface area contributed by atoms with Crippen molar-refractivity contribution >= 4 is 5.52 Å². The number of fused-ring (bicyclic) bond motifs is 1. The predicted octanol–water partition coefficient (Wildman–Crippen LogP) is 1.37. The van der Waals surface area contributed by atoms with E-state index in [9.17, 15) is 0 Å². The predicted molar refractivity (Wildman–Crippen MR) is 63.3 cm³/mol. The van der Waals surface area contributed by atoms with E-state index in [1.54, 1.807) is 7.11 Å². The van der Waals surface area contributed by atoms with Gasteiger partial charge in [-0.15, -0.1) is 0 Å². The van der Waals surface area contributed by atoms with Crippen LogP contribution in [0.2, 0.25) is 0 Å². The third-order valence-electron chi connectivity index (χ3n) is 2.70. The minimum Gasteiger partial charge on any atom is -0.385 e. The molecular formula is C12H17N3O. The van der Waals surface area contributed by atoms with E-state index < -0.39 is 0 Å². The van der Waals surface area contributed by atoms with Crippen molar-refractivity contribution in [1.29, 1.82) is 0 Å². The fourth-order valence-corrected chi connectivity index (χ4v) is 1.87. The average molecular weight is 219 g/mol. The number of aromatic nitrogens is 2. The zero-order chi connectivity index (χ0) is 11.4. The van der Waals surface area contributed by atoms with Gasteiger partial charge in [-0.25, -0.2) is 4.98 Å². The maximum Gasteiger partial charge on any atom is 0.113 e. The highest BCUT2D eigenvalue weighted by molar-refractivity contribution is 5.54. The number of methoxy groups -OCH3 is 1. The lowest BCUT2D eigenvalue weighted by atomic mass is 10.2. The first-order valence-electron chi connectivity index (χ1n) is 5.49. The van der Waals surface area contributed by atoms with Crippen LogP contribution in [0.1, 0.15) is 17.8 Å². The van der Waals surface area contributed by atoms with Gasteiger partial charge in [-0.2, -0.15) is 0 Å². The van der Waals surface area contributed by atoms with Crippen molar-refractivity contribution in [3.8, 4) is 0 Å². The normalized spacial score (nSPS) is 11.1. The van der Waals surface area contributed by atoms with E-state index in [1.165, 1.54) is 0 Å². The van der Waals surface area contributed by atoms with E-state index in [4.69, 9.17) is 10.5 Å². The number of hydrogen-bond acceptors (Lipinski definition) is 3. The maximum absolute atomic E-state index is 5.69. The lowest BCUT2D eigenvalue weighted by molar-refractivity contribution is 0.194. The van der Waals surface area contributed by atoms with Crippen LogP contribution in [-0.2, 0) is 17.7 Å². The fourth-order valence-electron chi connectivity index (χ4n) is 1.87. The van der Waals surface area contributed by atoms with Gasteiger partial charge in [0.25, 0.3) is 0 Å². The molecule has 2 heterocycles. The van der Waals surface area contributed by atoms with Crippen LogP contribution in [0, 0.1) is 0 Å². The molecule has 2 N–H and O–H groups in total. The highest BCUT2D eigenvalue weighted by Gasteiger charge is 2.05. The molecule has 0 aliphatic heterocycles. The highest BCUT2D eigenvalue weighted by Crippen LogP contribution is 2.13. The molecule has 0 bridgehead atoms. The number of rotatable bonds is 5. The summed E-state index contributed by atoms with van der Waals surface area (Å²) < 4.78 is 7.15. The van der Waals surface area contributed by atoms with E-state index in [0.717, 1.165) is 36.4 Å². The molecular weight excluding hydrogens is 202 g/mol. The van der Waals surface area contributed by atoms with Gasteiger partial charge in [-0.1, -0.05) is 6.07 Å². The van der Waals surface area contributed by atoms with Crippen LogP contribution >= 0.6 is 0 Å². The molecule has 0 aliphatic carbocycles. The standard InChI is InChI=1S/C12H17N3O/c1-16-7-3-5-12-14-9-11-10(8-13)4-2-6-15(11)12/h2,4,6,9H,3,5,7-8,13H2,1H3. The Morgan fingerprint density at radius 1 is 1.50 bits per heavy atom. The van der Waals surface area contributed by atoms with Gasteiger partial charge < -0.3 is 14.9 Å². The molecule has 4 nitrogen and oxygen atoms in total. The van der Waals surface area contributed by atoms with Crippen molar-refractivity contribution in [3.05, 3.63) is 35.9 Å². The van der Waals surface area contributed by atoms with Crippen LogP contribution in [-0.4, -0.2) is 23.1 Å². The molecule has 16 heavy (non-hydrogen) atoms. The summed E-state index contributed by atoms with van der Waals surface area (Å²) in [6.45, 7) is 1.32. The van der Waals surface area contributed by atoms with Crippen LogP contribution in [0.5, 0.6) is 0 Å². The minimum atomic E-state index is 0.549. The summed E-state index contributed by atoms with van der Waals surface area (Å²) in [6, 6.07) is 4.05. The van der Waals surface area contributed by atoms with Crippen LogP contribution in [0.4, 0.5) is 0 Å². The molecule has 0 atom stereocenters. The Morgan fingerprint density at radius 3 is 3.12 bits per heavy atom. The van der Waals surface area contributed by atoms with Crippen molar-refractivity contribution in [1.82, 2.24) is 9.38 Å². The third-order valence-corrected chi connectivity index (χ3v) is 2.70. The van der Waals surface area contributed by atoms with E-state index in [0.29, 0.717) is 6.54 Å². The molecule has 4 heteroatoms. The second kappa shape index (κ2) is 5.09. The Balaban J connectivity index is 2.27. The topological polar surface area (TPSA) is 52.5 Å². The number of aryl methyl sites for hydroxylation is 1. The quantitative estimate of drug-likeness (QED) is 0.773. The summed E-state index contributed by atoms with van der Waals surface area (Å²) >= 11 is 0. The molecule has 0 saturated carbocycles. The first-order valence-corrected chi connectivity index (χ1v) is 5.49. The second-order valence-corrected chi connectivity index (χ2v) is 3.76. The third kappa shape index (κ3) is 2.08. The first-order chi connectivity index (χ1) is 7.86. The van der Waals surface area contributed by atoms with Gasteiger partial charge in [0.1, 0.15) is 5.82 Å². The van der Waals surface area contributed by atoms with E-state index in [-0.39, 0.29) is 0 Å². The molecule has 2 aromatic rings. The number of pyridine rings is 1. The summed E-state index contributed by atoms with van der Waals surface area (Å²) in [4.78, 5) is 4.43. The first kappa shape index (κ1) is 11.1. The van der Waals surface area contributed by atoms with Crippen molar-refractivity contribution in [2.24, 2.45) is 5.73 Å². The second-order valence-electron chi connectivity index (χ2n) is 3.76. The lowest BCUT2D eigenvalue weighted by Crippen LogP contribution is -2.01. The van der Waals surface area contributed by atoms with Crippen molar-refractivity contribution in [2.75, 3.05) is 13.7 Å².